The highest BCUT2D eigenvalue weighted by Crippen LogP contribution is 2.32. The lowest BCUT2D eigenvalue weighted by Gasteiger charge is -2.24. The number of fused-ring (bicyclic) bond motifs is 1. The lowest BCUT2D eigenvalue weighted by molar-refractivity contribution is 0.611. The molecule has 0 radical (unpaired) electrons. The average molecular weight is 316 g/mol. The number of nitrogens with zero attached hydrogens (tertiary/aromatic N) is 3. The van der Waals surface area contributed by atoms with Crippen molar-refractivity contribution in [3.63, 3.8) is 0 Å². The average Bonchev–Trinajstić information content (AvgIpc) is 3.10. The van der Waals surface area contributed by atoms with Gasteiger partial charge in [-0.2, -0.15) is 10.1 Å². The zero-order valence-electron chi connectivity index (χ0n) is 13.9. The molecule has 120 valence electrons. The molecule has 1 aliphatic rings. The zero-order chi connectivity index (χ0) is 16.5. The Morgan fingerprint density at radius 1 is 1.04 bits per heavy atom. The Morgan fingerprint density at radius 2 is 1.79 bits per heavy atom. The molecule has 0 saturated carbocycles. The van der Waals surface area contributed by atoms with Crippen LogP contribution in [-0.4, -0.2) is 14.8 Å². The molecule has 0 amide bonds. The fourth-order valence-corrected chi connectivity index (χ4v) is 3.02. The number of benzene rings is 2. The van der Waals surface area contributed by atoms with Crippen LogP contribution in [0.15, 0.2) is 60.9 Å². The monoisotopic (exact) mass is 316 g/mol. The second-order valence-corrected chi connectivity index (χ2v) is 6.14. The molecule has 4 nitrogen and oxygen atoms in total. The van der Waals surface area contributed by atoms with E-state index in [1.807, 2.05) is 4.68 Å². The topological polar surface area (TPSA) is 42.7 Å². The van der Waals surface area contributed by atoms with Crippen LogP contribution in [0.1, 0.15) is 35.2 Å². The summed E-state index contributed by atoms with van der Waals surface area (Å²) in [4.78, 5) is 4.36. The third-order valence-corrected chi connectivity index (χ3v) is 4.50. The van der Waals surface area contributed by atoms with Crippen LogP contribution in [0.5, 0.6) is 0 Å². The maximum absolute atomic E-state index is 4.40. The van der Waals surface area contributed by atoms with E-state index in [2.05, 4.69) is 83.9 Å². The molecule has 3 aromatic rings. The normalized spacial score (nSPS) is 16.2. The van der Waals surface area contributed by atoms with Crippen LogP contribution in [0, 0.1) is 6.92 Å². The maximum atomic E-state index is 4.40. The molecule has 2 heterocycles. The number of nitrogens with one attached hydrogen (secondary N) is 1. The molecule has 1 atom stereocenters. The number of rotatable bonds is 3. The number of allylic oxidation sites excluding steroid dienone is 1. The van der Waals surface area contributed by atoms with Gasteiger partial charge in [0.2, 0.25) is 5.95 Å². The summed E-state index contributed by atoms with van der Waals surface area (Å²) < 4.78 is 1.93. The lowest BCUT2D eigenvalue weighted by atomic mass is 10.00. The smallest absolute Gasteiger partial charge is 0.226 e. The molecule has 2 aromatic carbocycles. The van der Waals surface area contributed by atoms with Crippen molar-refractivity contribution in [1.82, 2.24) is 14.8 Å². The van der Waals surface area contributed by atoms with E-state index in [4.69, 9.17) is 0 Å². The summed E-state index contributed by atoms with van der Waals surface area (Å²) >= 11 is 0. The minimum Gasteiger partial charge on any atom is -0.324 e. The molecular weight excluding hydrogens is 296 g/mol. The summed E-state index contributed by atoms with van der Waals surface area (Å²) in [7, 11) is 0. The van der Waals surface area contributed by atoms with Crippen LogP contribution >= 0.6 is 0 Å². The van der Waals surface area contributed by atoms with Gasteiger partial charge in [0.05, 0.1) is 0 Å². The van der Waals surface area contributed by atoms with E-state index in [1.165, 1.54) is 16.7 Å². The minimum absolute atomic E-state index is 0.0472. The first kappa shape index (κ1) is 14.7. The molecule has 0 fully saturated rings. The van der Waals surface area contributed by atoms with Crippen molar-refractivity contribution in [3.05, 3.63) is 83.2 Å². The Hall–Kier alpha value is -2.88. The molecule has 4 heteroatoms. The van der Waals surface area contributed by atoms with Crippen molar-refractivity contribution in [2.75, 3.05) is 5.32 Å². The third-order valence-electron chi connectivity index (χ3n) is 4.50. The minimum atomic E-state index is 0.0472. The van der Waals surface area contributed by atoms with Crippen molar-refractivity contribution >= 4 is 11.6 Å². The second-order valence-electron chi connectivity index (χ2n) is 6.14. The van der Waals surface area contributed by atoms with Crippen molar-refractivity contribution in [1.29, 1.82) is 0 Å². The molecule has 4 rings (SSSR count). The van der Waals surface area contributed by atoms with Crippen molar-refractivity contribution < 1.29 is 0 Å². The van der Waals surface area contributed by atoms with Crippen LogP contribution in [-0.2, 0) is 6.42 Å². The van der Waals surface area contributed by atoms with Crippen LogP contribution in [0.3, 0.4) is 0 Å². The third kappa shape index (κ3) is 2.60. The predicted molar refractivity (Wildman–Crippen MR) is 96.8 cm³/mol. The summed E-state index contributed by atoms with van der Waals surface area (Å²) in [6, 6.07) is 17.3. The quantitative estimate of drug-likeness (QED) is 0.787. The van der Waals surface area contributed by atoms with Crippen molar-refractivity contribution in [3.8, 4) is 0 Å². The van der Waals surface area contributed by atoms with E-state index in [1.54, 1.807) is 6.33 Å². The van der Waals surface area contributed by atoms with Gasteiger partial charge in [-0.3, -0.25) is 0 Å². The Labute approximate surface area is 141 Å². The summed E-state index contributed by atoms with van der Waals surface area (Å²) in [6.07, 6.45) is 4.86. The molecule has 0 aliphatic carbocycles. The fourth-order valence-electron chi connectivity index (χ4n) is 3.02. The van der Waals surface area contributed by atoms with Gasteiger partial charge >= 0.3 is 0 Å². The molecule has 1 unspecified atom stereocenters. The van der Waals surface area contributed by atoms with E-state index >= 15 is 0 Å². The Bertz CT molecular complexity index is 873. The van der Waals surface area contributed by atoms with E-state index in [0.717, 1.165) is 23.6 Å². The Balaban J connectivity index is 1.77. The molecule has 1 aromatic heterocycles. The van der Waals surface area contributed by atoms with Gasteiger partial charge in [-0.15, -0.1) is 0 Å². The summed E-state index contributed by atoms with van der Waals surface area (Å²) in [5.74, 6) is 0.776. The van der Waals surface area contributed by atoms with Gasteiger partial charge in [0.1, 0.15) is 12.4 Å². The van der Waals surface area contributed by atoms with Gasteiger partial charge in [-0.1, -0.05) is 61.0 Å². The van der Waals surface area contributed by atoms with Gasteiger partial charge in [-0.05, 0) is 36.1 Å². The zero-order valence-corrected chi connectivity index (χ0v) is 13.9. The van der Waals surface area contributed by atoms with Crippen LogP contribution < -0.4 is 5.32 Å². The summed E-state index contributed by atoms with van der Waals surface area (Å²) in [5.41, 5.74) is 6.04. The molecule has 0 spiro atoms. The first-order valence-corrected chi connectivity index (χ1v) is 8.29. The van der Waals surface area contributed by atoms with Gasteiger partial charge in [0.15, 0.2) is 0 Å². The second kappa shape index (κ2) is 5.96. The SMILES string of the molecule is CCc1ccc(C2C=C(c3ccc(C)cc3)Nc3ncnn32)cc1. The first-order valence-electron chi connectivity index (χ1n) is 8.29. The number of anilines is 1. The standard InChI is InChI=1S/C20H20N4/c1-3-15-6-10-17(11-7-15)19-12-18(16-8-4-14(2)5-9-16)23-20-21-13-22-24(19)20/h4-13,19H,3H2,1-2H3,(H,21,22,23). The van der Waals surface area contributed by atoms with Crippen LogP contribution in [0.4, 0.5) is 5.95 Å². The number of aryl methyl sites for hydroxylation is 2. The van der Waals surface area contributed by atoms with Crippen LogP contribution in [0.2, 0.25) is 0 Å². The molecule has 1 N–H and O–H groups in total. The molecule has 1 aliphatic heterocycles. The van der Waals surface area contributed by atoms with Crippen LogP contribution in [0.25, 0.3) is 5.70 Å². The van der Waals surface area contributed by atoms with Gasteiger partial charge in [0.25, 0.3) is 0 Å². The Kier molecular flexibility index (Phi) is 3.65. The highest BCUT2D eigenvalue weighted by atomic mass is 15.4. The largest absolute Gasteiger partial charge is 0.324 e. The van der Waals surface area contributed by atoms with E-state index < -0.39 is 0 Å². The highest BCUT2D eigenvalue weighted by molar-refractivity contribution is 5.77. The number of hydrogen-bond acceptors (Lipinski definition) is 3. The Morgan fingerprint density at radius 3 is 2.50 bits per heavy atom. The first-order chi connectivity index (χ1) is 11.7. The number of aromatic nitrogens is 3. The molecule has 0 saturated heterocycles. The van der Waals surface area contributed by atoms with Crippen molar-refractivity contribution in [2.24, 2.45) is 0 Å². The number of hydrogen-bond donors (Lipinski definition) is 1. The predicted octanol–water partition coefficient (Wildman–Crippen LogP) is 4.20. The van der Waals surface area contributed by atoms with Gasteiger partial charge in [-0.25, -0.2) is 4.68 Å². The van der Waals surface area contributed by atoms with Gasteiger partial charge < -0.3 is 5.32 Å². The van der Waals surface area contributed by atoms with E-state index in [-0.39, 0.29) is 6.04 Å². The molecule has 24 heavy (non-hydrogen) atoms. The molecule has 0 bridgehead atoms. The summed E-state index contributed by atoms with van der Waals surface area (Å²) in [6.45, 7) is 4.27. The highest BCUT2D eigenvalue weighted by Gasteiger charge is 2.23. The molecular formula is C20H20N4. The van der Waals surface area contributed by atoms with Gasteiger partial charge in [0, 0.05) is 5.70 Å². The van der Waals surface area contributed by atoms with E-state index in [9.17, 15) is 0 Å². The lowest BCUT2D eigenvalue weighted by Crippen LogP contribution is -2.20. The maximum Gasteiger partial charge on any atom is 0.226 e. The summed E-state index contributed by atoms with van der Waals surface area (Å²) in [5, 5.41) is 7.78. The van der Waals surface area contributed by atoms with E-state index in [0.29, 0.717) is 0 Å². The van der Waals surface area contributed by atoms with Crippen molar-refractivity contribution in [2.45, 2.75) is 26.3 Å². The fraction of sp³-hybridized carbons (Fsp3) is 0.200.